The number of hydrogen-bond acceptors (Lipinski definition) is 4. The lowest BCUT2D eigenvalue weighted by Gasteiger charge is -1.99. The third kappa shape index (κ3) is 3.15. The number of anilines is 1. The van der Waals surface area contributed by atoms with Crippen molar-refractivity contribution in [2.75, 3.05) is 11.9 Å². The summed E-state index contributed by atoms with van der Waals surface area (Å²) in [6.45, 7) is 1.93. The van der Waals surface area contributed by atoms with Crippen LogP contribution in [0.1, 0.15) is 11.8 Å². The average molecular weight is 279 g/mol. The van der Waals surface area contributed by atoms with Gasteiger partial charge in [-0.3, -0.25) is 4.79 Å². The van der Waals surface area contributed by atoms with Crippen LogP contribution in [-0.4, -0.2) is 17.4 Å². The highest BCUT2D eigenvalue weighted by Gasteiger charge is 2.13. The van der Waals surface area contributed by atoms with E-state index in [2.05, 4.69) is 10.3 Å². The summed E-state index contributed by atoms with van der Waals surface area (Å²) in [4.78, 5) is 16.7. The number of nitrogens with two attached hydrogens (primary N) is 1. The van der Waals surface area contributed by atoms with Gasteiger partial charge in [0.25, 0.3) is 0 Å². The summed E-state index contributed by atoms with van der Waals surface area (Å²) >= 11 is 1.41. The van der Waals surface area contributed by atoms with Crippen molar-refractivity contribution < 1.29 is 9.18 Å². The van der Waals surface area contributed by atoms with Gasteiger partial charge < -0.3 is 11.1 Å². The number of nitrogens with one attached hydrogen (secondary N) is 1. The highest BCUT2D eigenvalue weighted by Crippen LogP contribution is 2.31. The maximum atomic E-state index is 12.9. The largest absolute Gasteiger partial charge is 0.322 e. The van der Waals surface area contributed by atoms with Crippen LogP contribution >= 0.6 is 11.3 Å². The fourth-order valence-electron chi connectivity index (χ4n) is 1.65. The zero-order chi connectivity index (χ0) is 13.8. The van der Waals surface area contributed by atoms with E-state index in [0.29, 0.717) is 5.13 Å². The highest BCUT2D eigenvalue weighted by atomic mass is 32.1. The topological polar surface area (TPSA) is 68.0 Å². The number of aromatic nitrogens is 1. The van der Waals surface area contributed by atoms with Crippen molar-refractivity contribution in [3.63, 3.8) is 0 Å². The number of amides is 1. The van der Waals surface area contributed by atoms with Crippen LogP contribution < -0.4 is 11.1 Å². The monoisotopic (exact) mass is 279 g/mol. The maximum Gasteiger partial charge on any atom is 0.239 e. The predicted molar refractivity (Wildman–Crippen MR) is 74.6 cm³/mol. The Bertz CT molecular complexity index is 580. The van der Waals surface area contributed by atoms with Gasteiger partial charge in [-0.25, -0.2) is 9.37 Å². The van der Waals surface area contributed by atoms with Crippen LogP contribution in [0.3, 0.4) is 0 Å². The fraction of sp³-hybridized carbons (Fsp3) is 0.231. The van der Waals surface area contributed by atoms with E-state index in [1.807, 2.05) is 6.92 Å². The van der Waals surface area contributed by atoms with E-state index < -0.39 is 0 Å². The molecule has 0 aliphatic rings. The molecule has 0 bridgehead atoms. The number of carbonyl (C=O) groups is 1. The molecule has 3 N–H and O–H groups in total. The summed E-state index contributed by atoms with van der Waals surface area (Å²) in [7, 11) is 0. The summed E-state index contributed by atoms with van der Waals surface area (Å²) in [5, 5.41) is 3.16. The molecule has 1 aromatic carbocycles. The number of nitrogens with zero attached hydrogens (tertiary/aromatic N) is 1. The maximum absolute atomic E-state index is 12.9. The number of halogens is 1. The van der Waals surface area contributed by atoms with Crippen LogP contribution in [0.5, 0.6) is 0 Å². The first-order valence-electron chi connectivity index (χ1n) is 5.89. The van der Waals surface area contributed by atoms with E-state index in [0.717, 1.165) is 22.6 Å². The molecule has 1 aromatic heterocycles. The van der Waals surface area contributed by atoms with Gasteiger partial charge in [0, 0.05) is 10.4 Å². The van der Waals surface area contributed by atoms with E-state index in [1.165, 1.54) is 23.5 Å². The van der Waals surface area contributed by atoms with Crippen molar-refractivity contribution in [2.24, 2.45) is 5.73 Å². The summed E-state index contributed by atoms with van der Waals surface area (Å²) < 4.78 is 12.9. The first-order valence-corrected chi connectivity index (χ1v) is 6.71. The van der Waals surface area contributed by atoms with Gasteiger partial charge >= 0.3 is 0 Å². The molecule has 100 valence electrons. The summed E-state index contributed by atoms with van der Waals surface area (Å²) in [5.74, 6) is -0.559. The highest BCUT2D eigenvalue weighted by molar-refractivity contribution is 7.16. The number of carbonyl (C=O) groups excluding carboxylic acids is 1. The third-order valence-electron chi connectivity index (χ3n) is 2.57. The molecular weight excluding hydrogens is 265 g/mol. The lowest BCUT2D eigenvalue weighted by atomic mass is 10.1. The van der Waals surface area contributed by atoms with E-state index in [9.17, 15) is 9.18 Å². The van der Waals surface area contributed by atoms with Gasteiger partial charge in [0.05, 0.1) is 12.2 Å². The Hall–Kier alpha value is -1.79. The molecule has 4 nitrogen and oxygen atoms in total. The lowest BCUT2D eigenvalue weighted by molar-refractivity contribution is -0.114. The standard InChI is InChI=1S/C13H14FN3OS/c1-2-10-12(8-3-5-9(14)6-4-8)17-13(19-10)16-11(18)7-15/h3-6H,2,7,15H2,1H3,(H,16,17,18). The number of rotatable bonds is 4. The molecule has 0 unspecified atom stereocenters. The molecule has 0 aliphatic carbocycles. The Labute approximate surface area is 114 Å². The van der Waals surface area contributed by atoms with Crippen LogP contribution in [0.25, 0.3) is 11.3 Å². The van der Waals surface area contributed by atoms with Gasteiger partial charge in [-0.1, -0.05) is 6.92 Å². The summed E-state index contributed by atoms with van der Waals surface area (Å²) in [6, 6.07) is 6.15. The minimum atomic E-state index is -0.284. The van der Waals surface area contributed by atoms with Gasteiger partial charge in [0.15, 0.2) is 5.13 Å². The molecule has 0 atom stereocenters. The van der Waals surface area contributed by atoms with Crippen LogP contribution in [0.2, 0.25) is 0 Å². The summed E-state index contributed by atoms with van der Waals surface area (Å²) in [5.41, 5.74) is 6.86. The Morgan fingerprint density at radius 1 is 1.42 bits per heavy atom. The lowest BCUT2D eigenvalue weighted by Crippen LogP contribution is -2.21. The molecule has 0 aliphatic heterocycles. The predicted octanol–water partition coefficient (Wildman–Crippen LogP) is 2.41. The van der Waals surface area contributed by atoms with Crippen LogP contribution in [0, 0.1) is 5.82 Å². The second-order valence-electron chi connectivity index (χ2n) is 3.90. The second-order valence-corrected chi connectivity index (χ2v) is 4.99. The molecule has 1 heterocycles. The SMILES string of the molecule is CCc1sc(NC(=O)CN)nc1-c1ccc(F)cc1. The first kappa shape index (κ1) is 13.6. The van der Waals surface area contributed by atoms with Crippen LogP contribution in [-0.2, 0) is 11.2 Å². The molecule has 1 amide bonds. The van der Waals surface area contributed by atoms with E-state index in [4.69, 9.17) is 5.73 Å². The normalized spacial score (nSPS) is 10.5. The average Bonchev–Trinajstić information content (AvgIpc) is 2.82. The minimum Gasteiger partial charge on any atom is -0.322 e. The Kier molecular flexibility index (Phi) is 4.24. The molecule has 6 heteroatoms. The molecule has 0 saturated carbocycles. The number of aryl methyl sites for hydroxylation is 1. The molecule has 19 heavy (non-hydrogen) atoms. The third-order valence-corrected chi connectivity index (χ3v) is 3.68. The second kappa shape index (κ2) is 5.90. The quantitative estimate of drug-likeness (QED) is 0.903. The molecule has 2 aromatic rings. The molecule has 0 fully saturated rings. The molecule has 2 rings (SSSR count). The van der Waals surface area contributed by atoms with E-state index in [-0.39, 0.29) is 18.3 Å². The van der Waals surface area contributed by atoms with Crippen molar-refractivity contribution in [1.82, 2.24) is 4.98 Å². The van der Waals surface area contributed by atoms with Gasteiger partial charge in [-0.05, 0) is 30.7 Å². The van der Waals surface area contributed by atoms with Crippen molar-refractivity contribution in [3.05, 3.63) is 35.0 Å². The van der Waals surface area contributed by atoms with Crippen molar-refractivity contribution in [1.29, 1.82) is 0 Å². The minimum absolute atomic E-state index is 0.0765. The van der Waals surface area contributed by atoms with E-state index >= 15 is 0 Å². The number of benzene rings is 1. The van der Waals surface area contributed by atoms with Crippen LogP contribution in [0.15, 0.2) is 24.3 Å². The van der Waals surface area contributed by atoms with Gasteiger partial charge in [-0.15, -0.1) is 11.3 Å². The molecule has 0 spiro atoms. The molecule has 0 radical (unpaired) electrons. The van der Waals surface area contributed by atoms with E-state index in [1.54, 1.807) is 12.1 Å². The zero-order valence-electron chi connectivity index (χ0n) is 10.4. The Morgan fingerprint density at radius 3 is 2.68 bits per heavy atom. The zero-order valence-corrected chi connectivity index (χ0v) is 11.3. The van der Waals surface area contributed by atoms with Gasteiger partial charge in [0.2, 0.25) is 5.91 Å². The van der Waals surface area contributed by atoms with Gasteiger partial charge in [0.1, 0.15) is 5.82 Å². The Balaban J connectivity index is 2.34. The summed E-state index contributed by atoms with van der Waals surface area (Å²) in [6.07, 6.45) is 0.795. The van der Waals surface area contributed by atoms with Crippen molar-refractivity contribution >= 4 is 22.4 Å². The smallest absolute Gasteiger partial charge is 0.239 e. The van der Waals surface area contributed by atoms with Gasteiger partial charge in [-0.2, -0.15) is 0 Å². The number of hydrogen-bond donors (Lipinski definition) is 2. The first-order chi connectivity index (χ1) is 9.13. The Morgan fingerprint density at radius 2 is 2.11 bits per heavy atom. The number of thiazole rings is 1. The van der Waals surface area contributed by atoms with Crippen molar-refractivity contribution in [3.8, 4) is 11.3 Å². The van der Waals surface area contributed by atoms with Crippen LogP contribution in [0.4, 0.5) is 9.52 Å². The molecular formula is C13H14FN3OS. The molecule has 0 saturated heterocycles. The fourth-order valence-corrected chi connectivity index (χ4v) is 2.59. The van der Waals surface area contributed by atoms with Crippen molar-refractivity contribution in [2.45, 2.75) is 13.3 Å².